The van der Waals surface area contributed by atoms with Crippen molar-refractivity contribution in [1.82, 2.24) is 0 Å². The number of rotatable bonds is 4. The molecule has 0 radical (unpaired) electrons. The van der Waals surface area contributed by atoms with Crippen molar-refractivity contribution >= 4 is 11.4 Å². The van der Waals surface area contributed by atoms with E-state index in [9.17, 15) is 0 Å². The molecule has 1 aromatic carbocycles. The van der Waals surface area contributed by atoms with Crippen LogP contribution in [-0.2, 0) is 0 Å². The highest BCUT2D eigenvalue weighted by Gasteiger charge is 2.09. The van der Waals surface area contributed by atoms with Gasteiger partial charge in [0.25, 0.3) is 0 Å². The zero-order valence-electron chi connectivity index (χ0n) is 10.5. The van der Waals surface area contributed by atoms with E-state index in [0.29, 0.717) is 0 Å². The summed E-state index contributed by atoms with van der Waals surface area (Å²) >= 11 is 0. The van der Waals surface area contributed by atoms with Gasteiger partial charge < -0.3 is 14.6 Å². The summed E-state index contributed by atoms with van der Waals surface area (Å²) in [7, 11) is 4.09. The summed E-state index contributed by atoms with van der Waals surface area (Å²) in [5.41, 5.74) is 3.47. The largest absolute Gasteiger partial charge is 0.472 e. The van der Waals surface area contributed by atoms with Gasteiger partial charge in [-0.3, -0.25) is 0 Å². The molecule has 2 aromatic rings. The van der Waals surface area contributed by atoms with Gasteiger partial charge in [0.2, 0.25) is 0 Å². The Labute approximate surface area is 102 Å². The summed E-state index contributed by atoms with van der Waals surface area (Å²) in [5, 5.41) is 3.49. The van der Waals surface area contributed by atoms with Crippen LogP contribution in [0.15, 0.2) is 47.3 Å². The fourth-order valence-corrected chi connectivity index (χ4v) is 1.82. The minimum Gasteiger partial charge on any atom is -0.472 e. The maximum Gasteiger partial charge on any atom is 0.0955 e. The van der Waals surface area contributed by atoms with Gasteiger partial charge in [-0.15, -0.1) is 0 Å². The molecule has 90 valence electrons. The number of nitrogens with one attached hydrogen (secondary N) is 1. The first-order chi connectivity index (χ1) is 8.18. The van der Waals surface area contributed by atoms with Crippen LogP contribution in [0.1, 0.15) is 18.5 Å². The average Bonchev–Trinajstić information content (AvgIpc) is 2.83. The van der Waals surface area contributed by atoms with Crippen molar-refractivity contribution in [3.8, 4) is 0 Å². The monoisotopic (exact) mass is 230 g/mol. The van der Waals surface area contributed by atoms with Gasteiger partial charge in [0, 0.05) is 19.7 Å². The average molecular weight is 230 g/mol. The van der Waals surface area contributed by atoms with E-state index < -0.39 is 0 Å². The molecule has 1 atom stereocenters. The van der Waals surface area contributed by atoms with Crippen molar-refractivity contribution < 1.29 is 4.42 Å². The molecule has 17 heavy (non-hydrogen) atoms. The van der Waals surface area contributed by atoms with E-state index in [0.717, 1.165) is 11.3 Å². The number of para-hydroxylation sites is 2. The summed E-state index contributed by atoms with van der Waals surface area (Å²) in [5.74, 6) is 0. The molecular formula is C14H18N2O. The molecule has 1 heterocycles. The number of anilines is 2. The predicted molar refractivity (Wildman–Crippen MR) is 71.5 cm³/mol. The van der Waals surface area contributed by atoms with Crippen LogP contribution in [0.2, 0.25) is 0 Å². The molecule has 3 heteroatoms. The third-order valence-corrected chi connectivity index (χ3v) is 2.80. The van der Waals surface area contributed by atoms with Crippen LogP contribution >= 0.6 is 0 Å². The maximum absolute atomic E-state index is 5.10. The molecule has 1 N–H and O–H groups in total. The minimum absolute atomic E-state index is 0.231. The lowest BCUT2D eigenvalue weighted by Crippen LogP contribution is -2.13. The topological polar surface area (TPSA) is 28.4 Å². The second-order valence-corrected chi connectivity index (χ2v) is 4.33. The van der Waals surface area contributed by atoms with Gasteiger partial charge in [-0.1, -0.05) is 12.1 Å². The van der Waals surface area contributed by atoms with Crippen LogP contribution in [0.5, 0.6) is 0 Å². The van der Waals surface area contributed by atoms with E-state index in [1.165, 1.54) is 5.69 Å². The number of nitrogens with zero attached hydrogens (tertiary/aromatic N) is 1. The maximum atomic E-state index is 5.10. The Morgan fingerprint density at radius 1 is 1.18 bits per heavy atom. The molecule has 0 bridgehead atoms. The molecular weight excluding hydrogens is 212 g/mol. The quantitative estimate of drug-likeness (QED) is 0.871. The van der Waals surface area contributed by atoms with Crippen molar-refractivity contribution in [2.45, 2.75) is 13.0 Å². The highest BCUT2D eigenvalue weighted by atomic mass is 16.3. The smallest absolute Gasteiger partial charge is 0.0955 e. The van der Waals surface area contributed by atoms with Crippen LogP contribution in [0.3, 0.4) is 0 Å². The van der Waals surface area contributed by atoms with Crippen molar-refractivity contribution in [2.24, 2.45) is 0 Å². The molecule has 0 spiro atoms. The number of furan rings is 1. The van der Waals surface area contributed by atoms with Gasteiger partial charge in [-0.2, -0.15) is 0 Å². The highest BCUT2D eigenvalue weighted by molar-refractivity contribution is 5.69. The van der Waals surface area contributed by atoms with Crippen molar-refractivity contribution in [3.05, 3.63) is 48.4 Å². The summed E-state index contributed by atoms with van der Waals surface area (Å²) in [6.45, 7) is 2.12. The lowest BCUT2D eigenvalue weighted by molar-refractivity contribution is 0.562. The Balaban J connectivity index is 2.18. The third kappa shape index (κ3) is 2.61. The number of benzene rings is 1. The molecule has 0 saturated carbocycles. The lowest BCUT2D eigenvalue weighted by Gasteiger charge is -2.21. The Morgan fingerprint density at radius 3 is 2.59 bits per heavy atom. The summed E-state index contributed by atoms with van der Waals surface area (Å²) < 4.78 is 5.10. The van der Waals surface area contributed by atoms with Gasteiger partial charge in [-0.25, -0.2) is 0 Å². The van der Waals surface area contributed by atoms with Gasteiger partial charge in [0.15, 0.2) is 0 Å². The van der Waals surface area contributed by atoms with E-state index >= 15 is 0 Å². The van der Waals surface area contributed by atoms with Gasteiger partial charge in [-0.05, 0) is 25.1 Å². The number of hydrogen-bond donors (Lipinski definition) is 1. The highest BCUT2D eigenvalue weighted by Crippen LogP contribution is 2.27. The SMILES string of the molecule is CC(Nc1ccccc1N(C)C)c1ccoc1. The van der Waals surface area contributed by atoms with Crippen LogP contribution in [-0.4, -0.2) is 14.1 Å². The molecule has 3 nitrogen and oxygen atoms in total. The van der Waals surface area contributed by atoms with E-state index in [2.05, 4.69) is 29.3 Å². The minimum atomic E-state index is 0.231. The van der Waals surface area contributed by atoms with Gasteiger partial charge in [0.05, 0.1) is 29.9 Å². The molecule has 0 aliphatic carbocycles. The van der Waals surface area contributed by atoms with Gasteiger partial charge in [0.1, 0.15) is 0 Å². The fourth-order valence-electron chi connectivity index (χ4n) is 1.82. The first-order valence-electron chi connectivity index (χ1n) is 5.73. The molecule has 1 aromatic heterocycles. The summed E-state index contributed by atoms with van der Waals surface area (Å²) in [6, 6.07) is 10.5. The Hall–Kier alpha value is -1.90. The second-order valence-electron chi connectivity index (χ2n) is 4.33. The molecule has 0 aliphatic heterocycles. The second kappa shape index (κ2) is 4.95. The van der Waals surface area contributed by atoms with E-state index in [-0.39, 0.29) is 6.04 Å². The van der Waals surface area contributed by atoms with Crippen molar-refractivity contribution in [1.29, 1.82) is 0 Å². The zero-order chi connectivity index (χ0) is 12.3. The standard InChI is InChI=1S/C14H18N2O/c1-11(12-8-9-17-10-12)15-13-6-4-5-7-14(13)16(2)3/h4-11,15H,1-3H3. The zero-order valence-corrected chi connectivity index (χ0v) is 10.5. The Bertz CT molecular complexity index is 463. The normalized spacial score (nSPS) is 12.2. The van der Waals surface area contributed by atoms with Crippen molar-refractivity contribution in [3.63, 3.8) is 0 Å². The van der Waals surface area contributed by atoms with Gasteiger partial charge >= 0.3 is 0 Å². The lowest BCUT2D eigenvalue weighted by atomic mass is 10.1. The van der Waals surface area contributed by atoms with Crippen LogP contribution in [0.25, 0.3) is 0 Å². The third-order valence-electron chi connectivity index (χ3n) is 2.80. The Kier molecular flexibility index (Phi) is 3.38. The Morgan fingerprint density at radius 2 is 1.94 bits per heavy atom. The van der Waals surface area contributed by atoms with Crippen LogP contribution in [0.4, 0.5) is 11.4 Å². The number of hydrogen-bond acceptors (Lipinski definition) is 3. The van der Waals surface area contributed by atoms with E-state index in [4.69, 9.17) is 4.42 Å². The first-order valence-corrected chi connectivity index (χ1v) is 5.73. The molecule has 0 aliphatic rings. The molecule has 0 amide bonds. The summed E-state index contributed by atoms with van der Waals surface area (Å²) in [6.07, 6.45) is 3.47. The van der Waals surface area contributed by atoms with Crippen LogP contribution < -0.4 is 10.2 Å². The fraction of sp³-hybridized carbons (Fsp3) is 0.286. The summed E-state index contributed by atoms with van der Waals surface area (Å²) in [4.78, 5) is 2.10. The van der Waals surface area contributed by atoms with Crippen molar-refractivity contribution in [2.75, 3.05) is 24.3 Å². The first kappa shape index (κ1) is 11.6. The molecule has 0 fully saturated rings. The molecule has 1 unspecified atom stereocenters. The molecule has 2 rings (SSSR count). The van der Waals surface area contributed by atoms with E-state index in [1.807, 2.05) is 32.3 Å². The van der Waals surface area contributed by atoms with E-state index in [1.54, 1.807) is 12.5 Å². The van der Waals surface area contributed by atoms with Crippen LogP contribution in [0, 0.1) is 0 Å². The predicted octanol–water partition coefficient (Wildman–Crippen LogP) is 3.52. The molecule has 0 saturated heterocycles.